The Morgan fingerprint density at radius 1 is 1.28 bits per heavy atom. The summed E-state index contributed by atoms with van der Waals surface area (Å²) in [6.45, 7) is 0.643. The van der Waals surface area contributed by atoms with E-state index in [0.717, 1.165) is 36.9 Å². The molecule has 2 aromatic rings. The van der Waals surface area contributed by atoms with Gasteiger partial charge in [-0.1, -0.05) is 19.3 Å². The minimum atomic E-state index is -0.523. The first kappa shape index (κ1) is 11.9. The molecule has 3 nitrogen and oxygen atoms in total. The van der Waals surface area contributed by atoms with Crippen molar-refractivity contribution < 1.29 is 5.11 Å². The predicted molar refractivity (Wildman–Crippen MR) is 76.1 cm³/mol. The predicted octanol–water partition coefficient (Wildman–Crippen LogP) is 3.40. The highest BCUT2D eigenvalue weighted by Gasteiger charge is 2.28. The first-order valence-corrected chi connectivity index (χ1v) is 7.43. The fourth-order valence-corrected chi connectivity index (χ4v) is 3.50. The van der Waals surface area contributed by atoms with Gasteiger partial charge in [0.1, 0.15) is 0 Å². The number of thiophene rings is 1. The van der Waals surface area contributed by atoms with Crippen LogP contribution in [0.25, 0.3) is 10.2 Å². The normalized spacial score (nSPS) is 18.9. The average molecular weight is 262 g/mol. The highest BCUT2D eigenvalue weighted by atomic mass is 32.1. The van der Waals surface area contributed by atoms with Crippen LogP contribution in [0.1, 0.15) is 32.1 Å². The zero-order valence-corrected chi connectivity index (χ0v) is 11.2. The summed E-state index contributed by atoms with van der Waals surface area (Å²) in [7, 11) is 0. The molecule has 1 aliphatic rings. The zero-order valence-electron chi connectivity index (χ0n) is 10.4. The van der Waals surface area contributed by atoms with Crippen molar-refractivity contribution in [3.8, 4) is 0 Å². The molecule has 3 rings (SSSR count). The minimum absolute atomic E-state index is 0.523. The van der Waals surface area contributed by atoms with Crippen LogP contribution in [0.5, 0.6) is 0 Å². The lowest BCUT2D eigenvalue weighted by molar-refractivity contribution is 0.0167. The maximum absolute atomic E-state index is 10.5. The molecule has 0 atom stereocenters. The van der Waals surface area contributed by atoms with E-state index in [-0.39, 0.29) is 0 Å². The van der Waals surface area contributed by atoms with E-state index >= 15 is 0 Å². The summed E-state index contributed by atoms with van der Waals surface area (Å²) in [5, 5.41) is 15.9. The summed E-state index contributed by atoms with van der Waals surface area (Å²) in [6, 6.07) is 4.02. The van der Waals surface area contributed by atoms with E-state index in [4.69, 9.17) is 0 Å². The number of hydrogen-bond acceptors (Lipinski definition) is 4. The molecule has 96 valence electrons. The Hall–Kier alpha value is -1.13. The van der Waals surface area contributed by atoms with Crippen molar-refractivity contribution in [2.24, 2.45) is 0 Å². The van der Waals surface area contributed by atoms with Crippen molar-refractivity contribution in [3.05, 3.63) is 23.7 Å². The van der Waals surface area contributed by atoms with Crippen molar-refractivity contribution in [1.82, 2.24) is 4.98 Å². The quantitative estimate of drug-likeness (QED) is 0.891. The largest absolute Gasteiger partial charge is 0.388 e. The maximum Gasteiger partial charge on any atom is 0.0830 e. The molecular weight excluding hydrogens is 244 g/mol. The highest BCUT2D eigenvalue weighted by molar-refractivity contribution is 7.17. The van der Waals surface area contributed by atoms with E-state index in [9.17, 15) is 5.11 Å². The van der Waals surface area contributed by atoms with Gasteiger partial charge >= 0.3 is 0 Å². The topological polar surface area (TPSA) is 45.1 Å². The molecule has 0 amide bonds. The number of nitrogens with zero attached hydrogens (tertiary/aromatic N) is 1. The summed E-state index contributed by atoms with van der Waals surface area (Å²) in [6.07, 6.45) is 7.19. The van der Waals surface area contributed by atoms with Gasteiger partial charge in [0, 0.05) is 12.7 Å². The number of aromatic nitrogens is 1. The van der Waals surface area contributed by atoms with Crippen LogP contribution in [-0.2, 0) is 0 Å². The van der Waals surface area contributed by atoms with Crippen LogP contribution in [0, 0.1) is 0 Å². The first-order chi connectivity index (χ1) is 8.77. The monoisotopic (exact) mass is 262 g/mol. The van der Waals surface area contributed by atoms with Crippen LogP contribution < -0.4 is 5.32 Å². The summed E-state index contributed by atoms with van der Waals surface area (Å²) >= 11 is 1.69. The van der Waals surface area contributed by atoms with Gasteiger partial charge in [-0.3, -0.25) is 4.98 Å². The molecule has 2 heterocycles. The number of nitrogens with one attached hydrogen (secondary N) is 1. The van der Waals surface area contributed by atoms with Gasteiger partial charge in [-0.25, -0.2) is 0 Å². The molecule has 4 heteroatoms. The Kier molecular flexibility index (Phi) is 3.22. The lowest BCUT2D eigenvalue weighted by Gasteiger charge is -2.32. The Labute approximate surface area is 111 Å². The van der Waals surface area contributed by atoms with E-state index in [1.165, 1.54) is 11.1 Å². The molecule has 0 aromatic carbocycles. The summed E-state index contributed by atoms with van der Waals surface area (Å²) in [4.78, 5) is 4.32. The van der Waals surface area contributed by atoms with Crippen LogP contribution in [0.4, 0.5) is 5.69 Å². The van der Waals surface area contributed by atoms with Gasteiger partial charge in [0.25, 0.3) is 0 Å². The lowest BCUT2D eigenvalue weighted by Crippen LogP contribution is -2.38. The second-order valence-electron chi connectivity index (χ2n) is 5.13. The number of rotatable bonds is 3. The molecule has 2 N–H and O–H groups in total. The molecule has 1 aliphatic carbocycles. The summed E-state index contributed by atoms with van der Waals surface area (Å²) < 4.78 is 1.18. The molecule has 1 saturated carbocycles. The Morgan fingerprint density at radius 2 is 2.11 bits per heavy atom. The second-order valence-corrected chi connectivity index (χ2v) is 6.05. The molecule has 0 saturated heterocycles. The number of hydrogen-bond donors (Lipinski definition) is 2. The second kappa shape index (κ2) is 4.86. The molecule has 0 spiro atoms. The van der Waals surface area contributed by atoms with Gasteiger partial charge in [-0.05, 0) is 30.4 Å². The third kappa shape index (κ3) is 2.35. The van der Waals surface area contributed by atoms with Crippen LogP contribution in [0.15, 0.2) is 23.7 Å². The van der Waals surface area contributed by atoms with Gasteiger partial charge < -0.3 is 10.4 Å². The van der Waals surface area contributed by atoms with Crippen molar-refractivity contribution in [1.29, 1.82) is 0 Å². The third-order valence-corrected chi connectivity index (χ3v) is 4.67. The SMILES string of the molecule is OC1(CNc2ccnc3ccsc23)CCCCC1. The molecule has 1 fully saturated rings. The van der Waals surface area contributed by atoms with Crippen molar-refractivity contribution in [3.63, 3.8) is 0 Å². The van der Waals surface area contributed by atoms with Gasteiger partial charge in [0.2, 0.25) is 0 Å². The van der Waals surface area contributed by atoms with Gasteiger partial charge in [0.05, 0.1) is 21.5 Å². The number of fused-ring (bicyclic) bond motifs is 1. The van der Waals surface area contributed by atoms with E-state index in [2.05, 4.69) is 15.7 Å². The Bertz CT molecular complexity index is 531. The first-order valence-electron chi connectivity index (χ1n) is 6.55. The average Bonchev–Trinajstić information content (AvgIpc) is 2.86. The number of aliphatic hydroxyl groups is 1. The van der Waals surface area contributed by atoms with Crippen LogP contribution >= 0.6 is 11.3 Å². The van der Waals surface area contributed by atoms with Crippen LogP contribution in [0.2, 0.25) is 0 Å². The Balaban J connectivity index is 1.74. The van der Waals surface area contributed by atoms with Gasteiger partial charge in [0.15, 0.2) is 0 Å². The standard InChI is InChI=1S/C14H18N2OS/c17-14(6-2-1-3-7-14)10-16-11-4-8-15-12-5-9-18-13(11)12/h4-5,8-9,17H,1-3,6-7,10H2,(H,15,16). The number of pyridine rings is 1. The maximum atomic E-state index is 10.5. The lowest BCUT2D eigenvalue weighted by atomic mass is 9.85. The van der Waals surface area contributed by atoms with Gasteiger partial charge in [-0.15, -0.1) is 11.3 Å². The van der Waals surface area contributed by atoms with Crippen molar-refractivity contribution in [2.45, 2.75) is 37.7 Å². The number of anilines is 1. The highest BCUT2D eigenvalue weighted by Crippen LogP contribution is 2.31. The molecule has 0 aliphatic heterocycles. The fourth-order valence-electron chi connectivity index (χ4n) is 2.66. The Morgan fingerprint density at radius 3 is 2.94 bits per heavy atom. The van der Waals surface area contributed by atoms with E-state index in [0.29, 0.717) is 6.54 Å². The zero-order chi connectivity index (χ0) is 12.4. The molecule has 0 radical (unpaired) electrons. The van der Waals surface area contributed by atoms with Crippen molar-refractivity contribution >= 4 is 27.2 Å². The van der Waals surface area contributed by atoms with Crippen molar-refractivity contribution in [2.75, 3.05) is 11.9 Å². The fraction of sp³-hybridized carbons (Fsp3) is 0.500. The minimum Gasteiger partial charge on any atom is -0.388 e. The molecule has 2 aromatic heterocycles. The van der Waals surface area contributed by atoms with E-state index in [1.54, 1.807) is 11.3 Å². The van der Waals surface area contributed by atoms with Gasteiger partial charge in [-0.2, -0.15) is 0 Å². The van der Waals surface area contributed by atoms with E-state index < -0.39 is 5.60 Å². The smallest absolute Gasteiger partial charge is 0.0830 e. The van der Waals surface area contributed by atoms with E-state index in [1.807, 2.05) is 18.3 Å². The summed E-state index contributed by atoms with van der Waals surface area (Å²) in [5.74, 6) is 0. The molecular formula is C14H18N2OS. The van der Waals surface area contributed by atoms with Crippen LogP contribution in [-0.4, -0.2) is 22.2 Å². The van der Waals surface area contributed by atoms with Crippen LogP contribution in [0.3, 0.4) is 0 Å². The summed E-state index contributed by atoms with van der Waals surface area (Å²) in [5.41, 5.74) is 1.60. The molecule has 0 bridgehead atoms. The third-order valence-electron chi connectivity index (χ3n) is 3.74. The molecule has 0 unspecified atom stereocenters. The molecule has 18 heavy (non-hydrogen) atoms.